The summed E-state index contributed by atoms with van der Waals surface area (Å²) >= 11 is 0. The summed E-state index contributed by atoms with van der Waals surface area (Å²) in [7, 11) is 2.96. The summed E-state index contributed by atoms with van der Waals surface area (Å²) in [5.74, 6) is 0.0943. The molecule has 9 nitrogen and oxygen atoms in total. The van der Waals surface area contributed by atoms with Gasteiger partial charge in [-0.2, -0.15) is 5.26 Å². The van der Waals surface area contributed by atoms with E-state index in [1.54, 1.807) is 43.3 Å². The van der Waals surface area contributed by atoms with E-state index in [4.69, 9.17) is 24.2 Å². The summed E-state index contributed by atoms with van der Waals surface area (Å²) in [5.41, 5.74) is 2.43. The van der Waals surface area contributed by atoms with E-state index in [-0.39, 0.29) is 24.9 Å². The van der Waals surface area contributed by atoms with Crippen LogP contribution >= 0.6 is 0 Å². The van der Waals surface area contributed by atoms with Crippen LogP contribution in [0.1, 0.15) is 29.7 Å². The zero-order chi connectivity index (χ0) is 26.6. The highest BCUT2D eigenvalue weighted by molar-refractivity contribution is 5.87. The molecular formula is C28H29N3O6. The highest BCUT2D eigenvalue weighted by atomic mass is 16.6. The van der Waals surface area contributed by atoms with Gasteiger partial charge in [-0.15, -0.1) is 0 Å². The molecule has 0 saturated heterocycles. The summed E-state index contributed by atoms with van der Waals surface area (Å²) in [4.78, 5) is 25.5. The van der Waals surface area contributed by atoms with Gasteiger partial charge < -0.3 is 29.6 Å². The van der Waals surface area contributed by atoms with Crippen LogP contribution in [0.2, 0.25) is 0 Å². The average Bonchev–Trinajstić information content (AvgIpc) is 2.94. The van der Waals surface area contributed by atoms with Gasteiger partial charge >= 0.3 is 5.97 Å². The van der Waals surface area contributed by atoms with Crippen LogP contribution in [-0.2, 0) is 20.9 Å². The molecule has 0 aliphatic heterocycles. The number of nitrogens with one attached hydrogen (secondary N) is 2. The fraction of sp³-hybridized carbons (Fsp3) is 0.250. The molecular weight excluding hydrogens is 474 g/mol. The second-order valence-corrected chi connectivity index (χ2v) is 7.81. The minimum Gasteiger partial charge on any atom is -0.493 e. The summed E-state index contributed by atoms with van der Waals surface area (Å²) in [6.45, 7) is 1.86. The predicted octanol–water partition coefficient (Wildman–Crippen LogP) is 3.99. The highest BCUT2D eigenvalue weighted by Gasteiger charge is 2.27. The number of amides is 1. The first-order valence-electron chi connectivity index (χ1n) is 11.6. The van der Waals surface area contributed by atoms with Gasteiger partial charge in [0.2, 0.25) is 5.91 Å². The van der Waals surface area contributed by atoms with E-state index < -0.39 is 12.0 Å². The van der Waals surface area contributed by atoms with Crippen molar-refractivity contribution >= 4 is 17.6 Å². The Morgan fingerprint density at radius 1 is 0.946 bits per heavy atom. The Kier molecular flexibility index (Phi) is 9.74. The smallest absolute Gasteiger partial charge is 0.344 e. The normalized spacial score (nSPS) is 11.0. The first-order valence-corrected chi connectivity index (χ1v) is 11.6. The van der Waals surface area contributed by atoms with E-state index in [2.05, 4.69) is 16.7 Å². The topological polar surface area (TPSA) is 119 Å². The molecule has 0 aromatic heterocycles. The van der Waals surface area contributed by atoms with Gasteiger partial charge in [0.05, 0.1) is 32.5 Å². The number of carbonyl (C=O) groups is 2. The first kappa shape index (κ1) is 26.9. The number of anilines is 1. The summed E-state index contributed by atoms with van der Waals surface area (Å²) in [6, 6.07) is 20.5. The van der Waals surface area contributed by atoms with E-state index in [1.165, 1.54) is 14.2 Å². The molecule has 1 atom stereocenters. The van der Waals surface area contributed by atoms with Gasteiger partial charge in [0.1, 0.15) is 11.8 Å². The quantitative estimate of drug-likeness (QED) is 0.356. The number of nitrogens with zero attached hydrogens (tertiary/aromatic N) is 1. The number of carbonyl (C=O) groups excluding carboxylic acids is 2. The van der Waals surface area contributed by atoms with Crippen molar-refractivity contribution in [3.05, 3.63) is 83.4 Å². The molecule has 0 aliphatic carbocycles. The van der Waals surface area contributed by atoms with Crippen molar-refractivity contribution in [1.82, 2.24) is 5.32 Å². The van der Waals surface area contributed by atoms with Crippen molar-refractivity contribution in [2.75, 3.05) is 32.8 Å². The van der Waals surface area contributed by atoms with Crippen LogP contribution in [-0.4, -0.2) is 39.3 Å². The van der Waals surface area contributed by atoms with E-state index in [1.807, 2.05) is 30.3 Å². The van der Waals surface area contributed by atoms with Crippen LogP contribution in [0.4, 0.5) is 5.69 Å². The molecule has 0 bridgehead atoms. The molecule has 37 heavy (non-hydrogen) atoms. The molecule has 1 unspecified atom stereocenters. The Hall–Kier alpha value is -4.71. The molecule has 3 rings (SSSR count). The lowest BCUT2D eigenvalue weighted by molar-refractivity contribution is -0.145. The standard InChI is InChI=1S/C28H29N3O6/c1-4-36-26(32)18-37-23-15-25(35-3)24(34-2)14-22(23)27(31-21-12-10-19(16-29)11-13-21)28(33)30-17-20-8-6-5-7-9-20/h5-15,27,31H,4,17-18H2,1-3H3,(H,30,33). The van der Waals surface area contributed by atoms with Crippen molar-refractivity contribution in [3.63, 3.8) is 0 Å². The lowest BCUT2D eigenvalue weighted by Gasteiger charge is -2.24. The molecule has 3 aromatic rings. The molecule has 3 aromatic carbocycles. The van der Waals surface area contributed by atoms with Crippen LogP contribution in [0.15, 0.2) is 66.7 Å². The molecule has 192 valence electrons. The Morgan fingerprint density at radius 2 is 1.62 bits per heavy atom. The van der Waals surface area contributed by atoms with Crippen LogP contribution in [0.3, 0.4) is 0 Å². The number of nitriles is 1. The number of methoxy groups -OCH3 is 2. The first-order chi connectivity index (χ1) is 18.0. The Bertz CT molecular complexity index is 1240. The van der Waals surface area contributed by atoms with Gasteiger partial charge in [-0.3, -0.25) is 4.79 Å². The van der Waals surface area contributed by atoms with Crippen LogP contribution < -0.4 is 24.8 Å². The lowest BCUT2D eigenvalue weighted by Crippen LogP contribution is -2.33. The Morgan fingerprint density at radius 3 is 2.24 bits per heavy atom. The van der Waals surface area contributed by atoms with Crippen molar-refractivity contribution in [2.24, 2.45) is 0 Å². The SMILES string of the molecule is CCOC(=O)COc1cc(OC)c(OC)cc1C(Nc1ccc(C#N)cc1)C(=O)NCc1ccccc1. The maximum Gasteiger partial charge on any atom is 0.344 e. The minimum absolute atomic E-state index is 0.214. The molecule has 2 N–H and O–H groups in total. The third kappa shape index (κ3) is 7.39. The number of ether oxygens (including phenoxy) is 4. The second kappa shape index (κ2) is 13.4. The molecule has 0 saturated carbocycles. The minimum atomic E-state index is -0.950. The number of hydrogen-bond donors (Lipinski definition) is 2. The average molecular weight is 504 g/mol. The second-order valence-electron chi connectivity index (χ2n) is 7.81. The largest absolute Gasteiger partial charge is 0.493 e. The summed E-state index contributed by atoms with van der Waals surface area (Å²) < 4.78 is 21.6. The van der Waals surface area contributed by atoms with Crippen LogP contribution in [0.25, 0.3) is 0 Å². The fourth-order valence-corrected chi connectivity index (χ4v) is 3.55. The van der Waals surface area contributed by atoms with Gasteiger partial charge in [-0.25, -0.2) is 4.79 Å². The summed E-state index contributed by atoms with van der Waals surface area (Å²) in [6.07, 6.45) is 0. The zero-order valence-electron chi connectivity index (χ0n) is 20.9. The number of hydrogen-bond acceptors (Lipinski definition) is 8. The predicted molar refractivity (Wildman–Crippen MR) is 137 cm³/mol. The van der Waals surface area contributed by atoms with Crippen LogP contribution in [0.5, 0.6) is 17.2 Å². The van der Waals surface area contributed by atoms with Crippen molar-refractivity contribution in [2.45, 2.75) is 19.5 Å². The third-order valence-electron chi connectivity index (χ3n) is 5.37. The van der Waals surface area contributed by atoms with Gasteiger partial charge in [-0.05, 0) is 42.8 Å². The van der Waals surface area contributed by atoms with E-state index in [9.17, 15) is 9.59 Å². The maximum atomic E-state index is 13.5. The van der Waals surface area contributed by atoms with Crippen molar-refractivity contribution in [1.29, 1.82) is 5.26 Å². The van der Waals surface area contributed by atoms with Crippen LogP contribution in [0, 0.1) is 11.3 Å². The van der Waals surface area contributed by atoms with E-state index in [0.29, 0.717) is 34.9 Å². The highest BCUT2D eigenvalue weighted by Crippen LogP contribution is 2.39. The van der Waals surface area contributed by atoms with Gasteiger partial charge in [0.25, 0.3) is 0 Å². The molecule has 0 radical (unpaired) electrons. The monoisotopic (exact) mass is 503 g/mol. The van der Waals surface area contributed by atoms with Gasteiger partial charge in [-0.1, -0.05) is 30.3 Å². The van der Waals surface area contributed by atoms with Gasteiger partial charge in [0.15, 0.2) is 18.1 Å². The maximum absolute atomic E-state index is 13.5. The van der Waals surface area contributed by atoms with Crippen molar-refractivity contribution in [3.8, 4) is 23.3 Å². The molecule has 9 heteroatoms. The van der Waals surface area contributed by atoms with E-state index in [0.717, 1.165) is 5.56 Å². The van der Waals surface area contributed by atoms with Crippen molar-refractivity contribution < 1.29 is 28.5 Å². The Balaban J connectivity index is 2.00. The fourth-order valence-electron chi connectivity index (χ4n) is 3.55. The summed E-state index contributed by atoms with van der Waals surface area (Å²) in [5, 5.41) is 15.3. The number of rotatable bonds is 12. The van der Waals surface area contributed by atoms with E-state index >= 15 is 0 Å². The third-order valence-corrected chi connectivity index (χ3v) is 5.37. The molecule has 0 heterocycles. The molecule has 0 fully saturated rings. The number of esters is 1. The molecule has 1 amide bonds. The lowest BCUT2D eigenvalue weighted by atomic mass is 10.0. The molecule has 0 aliphatic rings. The number of benzene rings is 3. The zero-order valence-corrected chi connectivity index (χ0v) is 20.9. The van der Waals surface area contributed by atoms with Gasteiger partial charge in [0, 0.05) is 23.9 Å². The molecule has 0 spiro atoms. The Labute approximate surface area is 215 Å².